The summed E-state index contributed by atoms with van der Waals surface area (Å²) in [5.74, 6) is 1.98. The first kappa shape index (κ1) is 14.8. The van der Waals surface area contributed by atoms with Crippen molar-refractivity contribution in [3.05, 3.63) is 70.2 Å². The van der Waals surface area contributed by atoms with Crippen molar-refractivity contribution < 1.29 is 4.74 Å². The van der Waals surface area contributed by atoms with E-state index in [-0.39, 0.29) is 0 Å². The maximum atomic E-state index is 5.69. The molecule has 2 aromatic carbocycles. The molecule has 3 heteroatoms. The van der Waals surface area contributed by atoms with Crippen molar-refractivity contribution in [1.82, 2.24) is 0 Å². The van der Waals surface area contributed by atoms with Gasteiger partial charge in [0.15, 0.2) is 0 Å². The lowest BCUT2D eigenvalue weighted by molar-refractivity contribution is 0.338. The summed E-state index contributed by atoms with van der Waals surface area (Å²) >= 11 is 3.72. The molecule has 3 atom stereocenters. The molecule has 1 aliphatic carbocycles. The van der Waals surface area contributed by atoms with E-state index in [9.17, 15) is 0 Å². The van der Waals surface area contributed by atoms with Gasteiger partial charge in [0.25, 0.3) is 0 Å². The maximum absolute atomic E-state index is 5.69. The van der Waals surface area contributed by atoms with Crippen molar-refractivity contribution in [3.63, 3.8) is 0 Å². The van der Waals surface area contributed by atoms with Crippen LogP contribution in [0.1, 0.15) is 36.4 Å². The lowest BCUT2D eigenvalue weighted by atomic mass is 9.77. The Morgan fingerprint density at radius 2 is 2.04 bits per heavy atom. The van der Waals surface area contributed by atoms with Crippen LogP contribution in [0.3, 0.4) is 0 Å². The first-order valence-corrected chi connectivity index (χ1v) is 9.01. The van der Waals surface area contributed by atoms with Crippen LogP contribution in [-0.2, 0) is 0 Å². The Hall–Kier alpha value is -1.74. The number of anilines is 1. The van der Waals surface area contributed by atoms with E-state index in [1.165, 1.54) is 21.3 Å². The number of halogens is 1. The van der Waals surface area contributed by atoms with Gasteiger partial charge in [-0.2, -0.15) is 0 Å². The third kappa shape index (κ3) is 2.57. The number of allylic oxidation sites excluding steroid dienone is 2. The second-order valence-corrected chi connectivity index (χ2v) is 7.03. The van der Waals surface area contributed by atoms with Crippen LogP contribution >= 0.6 is 15.9 Å². The summed E-state index contributed by atoms with van der Waals surface area (Å²) in [4.78, 5) is 0. The second-order valence-electron chi connectivity index (χ2n) is 6.18. The normalized spacial score (nSPS) is 24.7. The summed E-state index contributed by atoms with van der Waals surface area (Å²) in [5.41, 5.74) is 3.92. The van der Waals surface area contributed by atoms with E-state index in [1.807, 2.05) is 6.92 Å². The molecule has 0 bridgehead atoms. The predicted octanol–water partition coefficient (Wildman–Crippen LogP) is 5.67. The molecule has 0 aromatic heterocycles. The van der Waals surface area contributed by atoms with E-state index in [1.54, 1.807) is 0 Å². The van der Waals surface area contributed by atoms with Crippen molar-refractivity contribution in [3.8, 4) is 5.75 Å². The fourth-order valence-corrected chi connectivity index (χ4v) is 4.40. The third-order valence-corrected chi connectivity index (χ3v) is 5.61. The minimum atomic E-state index is 0.330. The van der Waals surface area contributed by atoms with Gasteiger partial charge in [-0.05, 0) is 54.7 Å². The Bertz CT molecular complexity index is 755. The Morgan fingerprint density at radius 1 is 1.17 bits per heavy atom. The molecule has 1 aliphatic heterocycles. The highest BCUT2D eigenvalue weighted by molar-refractivity contribution is 9.10. The molecule has 1 N–H and O–H groups in total. The second kappa shape index (κ2) is 6.04. The van der Waals surface area contributed by atoms with Gasteiger partial charge >= 0.3 is 0 Å². The average molecular weight is 370 g/mol. The Labute approximate surface area is 145 Å². The van der Waals surface area contributed by atoms with Gasteiger partial charge in [-0.1, -0.05) is 46.3 Å². The zero-order valence-electron chi connectivity index (χ0n) is 13.1. The molecule has 0 unspecified atom stereocenters. The first-order valence-electron chi connectivity index (χ1n) is 8.22. The molecule has 2 nitrogen and oxygen atoms in total. The van der Waals surface area contributed by atoms with Crippen LogP contribution in [0.25, 0.3) is 0 Å². The number of ether oxygens (including phenoxy) is 1. The molecule has 0 saturated carbocycles. The standard InChI is InChI=1S/C20H20BrNO/c1-2-23-13-10-11-19-17(12-13)14-7-5-8-15(14)20(22-19)16-6-3-4-9-18(16)21/h3-7,9-12,14-15,20,22H,2,8H2,1H3/t14-,15+,20-/m1/s1. The molecule has 4 rings (SSSR count). The Kier molecular flexibility index (Phi) is 3.90. The molecule has 0 radical (unpaired) electrons. The summed E-state index contributed by atoms with van der Waals surface area (Å²) in [6.45, 7) is 2.73. The molecule has 2 aliphatic rings. The van der Waals surface area contributed by atoms with E-state index in [0.29, 0.717) is 24.5 Å². The van der Waals surface area contributed by atoms with Crippen LogP contribution in [-0.4, -0.2) is 6.61 Å². The average Bonchev–Trinajstić information content (AvgIpc) is 3.05. The molecule has 23 heavy (non-hydrogen) atoms. The maximum Gasteiger partial charge on any atom is 0.119 e. The smallest absolute Gasteiger partial charge is 0.119 e. The number of nitrogens with one attached hydrogen (secondary N) is 1. The minimum Gasteiger partial charge on any atom is -0.494 e. The third-order valence-electron chi connectivity index (χ3n) is 4.89. The summed E-state index contributed by atoms with van der Waals surface area (Å²) in [6, 6.07) is 15.3. The summed E-state index contributed by atoms with van der Waals surface area (Å²) < 4.78 is 6.87. The van der Waals surface area contributed by atoms with Crippen LogP contribution in [0.2, 0.25) is 0 Å². The van der Waals surface area contributed by atoms with Crippen LogP contribution in [0.5, 0.6) is 5.75 Å². The number of hydrogen-bond donors (Lipinski definition) is 1. The highest BCUT2D eigenvalue weighted by atomic mass is 79.9. The van der Waals surface area contributed by atoms with E-state index in [4.69, 9.17) is 4.74 Å². The Balaban J connectivity index is 1.76. The van der Waals surface area contributed by atoms with Gasteiger partial charge in [0.1, 0.15) is 5.75 Å². The fraction of sp³-hybridized carbons (Fsp3) is 0.300. The zero-order valence-corrected chi connectivity index (χ0v) is 14.7. The highest BCUT2D eigenvalue weighted by Gasteiger charge is 2.38. The summed E-state index contributed by atoms with van der Waals surface area (Å²) in [7, 11) is 0. The van der Waals surface area contributed by atoms with Crippen molar-refractivity contribution in [2.24, 2.45) is 5.92 Å². The molecule has 118 valence electrons. The van der Waals surface area contributed by atoms with Crippen molar-refractivity contribution in [2.45, 2.75) is 25.3 Å². The van der Waals surface area contributed by atoms with Crippen molar-refractivity contribution >= 4 is 21.6 Å². The van der Waals surface area contributed by atoms with Gasteiger partial charge in [0.2, 0.25) is 0 Å². The largest absolute Gasteiger partial charge is 0.494 e. The van der Waals surface area contributed by atoms with E-state index in [2.05, 4.69) is 75.9 Å². The van der Waals surface area contributed by atoms with E-state index in [0.717, 1.165) is 12.2 Å². The minimum absolute atomic E-state index is 0.330. The molecule has 0 fully saturated rings. The summed E-state index contributed by atoms with van der Waals surface area (Å²) in [6.07, 6.45) is 5.80. The first-order chi connectivity index (χ1) is 11.3. The molecular weight excluding hydrogens is 350 g/mol. The molecule has 1 heterocycles. The van der Waals surface area contributed by atoms with E-state index < -0.39 is 0 Å². The lowest BCUT2D eigenvalue weighted by Gasteiger charge is -2.38. The number of fused-ring (bicyclic) bond motifs is 3. The van der Waals surface area contributed by atoms with Crippen LogP contribution in [0.4, 0.5) is 5.69 Å². The van der Waals surface area contributed by atoms with Crippen molar-refractivity contribution in [2.75, 3.05) is 11.9 Å². The van der Waals surface area contributed by atoms with Crippen LogP contribution < -0.4 is 10.1 Å². The van der Waals surface area contributed by atoms with Crippen LogP contribution in [0, 0.1) is 5.92 Å². The molecular formula is C20H20BrNO. The van der Waals surface area contributed by atoms with Gasteiger partial charge in [0.05, 0.1) is 12.6 Å². The predicted molar refractivity (Wildman–Crippen MR) is 98.1 cm³/mol. The highest BCUT2D eigenvalue weighted by Crippen LogP contribution is 2.51. The zero-order chi connectivity index (χ0) is 15.8. The molecule has 0 spiro atoms. The fourth-order valence-electron chi connectivity index (χ4n) is 3.86. The SMILES string of the molecule is CCOc1ccc2c(c1)[C@@H]1C=CC[C@@H]1[C@H](c1ccccc1Br)N2. The molecule has 0 saturated heterocycles. The monoisotopic (exact) mass is 369 g/mol. The molecule has 2 aromatic rings. The van der Waals surface area contributed by atoms with Gasteiger partial charge in [-0.3, -0.25) is 0 Å². The van der Waals surface area contributed by atoms with Gasteiger partial charge in [-0.25, -0.2) is 0 Å². The van der Waals surface area contributed by atoms with Gasteiger partial charge in [-0.15, -0.1) is 0 Å². The van der Waals surface area contributed by atoms with Crippen LogP contribution in [0.15, 0.2) is 59.1 Å². The number of benzene rings is 2. The van der Waals surface area contributed by atoms with Gasteiger partial charge < -0.3 is 10.1 Å². The molecule has 0 amide bonds. The summed E-state index contributed by atoms with van der Waals surface area (Å²) in [5, 5.41) is 3.77. The van der Waals surface area contributed by atoms with Gasteiger partial charge in [0, 0.05) is 16.1 Å². The number of hydrogen-bond acceptors (Lipinski definition) is 2. The number of rotatable bonds is 3. The van der Waals surface area contributed by atoms with E-state index >= 15 is 0 Å². The Morgan fingerprint density at radius 3 is 2.87 bits per heavy atom. The quantitative estimate of drug-likeness (QED) is 0.703. The topological polar surface area (TPSA) is 21.3 Å². The lowest BCUT2D eigenvalue weighted by Crippen LogP contribution is -2.29. The van der Waals surface area contributed by atoms with Crippen molar-refractivity contribution in [1.29, 1.82) is 0 Å².